The number of rotatable bonds is 3. The van der Waals surface area contributed by atoms with Crippen LogP contribution < -0.4 is 5.32 Å². The highest BCUT2D eigenvalue weighted by Crippen LogP contribution is 2.36. The normalized spacial score (nSPS) is 17.5. The highest BCUT2D eigenvalue weighted by molar-refractivity contribution is 6.33. The number of aryl methyl sites for hydroxylation is 2. The van der Waals surface area contributed by atoms with Crippen molar-refractivity contribution in [2.24, 2.45) is 0 Å². The van der Waals surface area contributed by atoms with Gasteiger partial charge in [0.15, 0.2) is 0 Å². The number of carbonyl (C=O) groups is 1. The Kier molecular flexibility index (Phi) is 4.57. The molecule has 0 bridgehead atoms. The second kappa shape index (κ2) is 6.62. The molecule has 1 saturated heterocycles. The zero-order valence-electron chi connectivity index (χ0n) is 13.3. The average molecular weight is 334 g/mol. The number of urea groups is 1. The van der Waals surface area contributed by atoms with E-state index in [1.165, 1.54) is 0 Å². The van der Waals surface area contributed by atoms with Gasteiger partial charge in [0.1, 0.15) is 5.76 Å². The predicted molar refractivity (Wildman–Crippen MR) is 89.8 cm³/mol. The van der Waals surface area contributed by atoms with Gasteiger partial charge in [-0.3, -0.25) is 0 Å². The van der Waals surface area contributed by atoms with E-state index in [0.717, 1.165) is 36.3 Å². The standard InChI is InChI=1S/C17H20ClN3O2/c1-3-15-16(11(2)20-23-15)14-9-6-10-21(14)17(22)19-13-8-5-4-7-12(13)18/h4-5,7-8,14H,3,6,9-10H2,1-2H3,(H,19,22). The van der Waals surface area contributed by atoms with Gasteiger partial charge in [0.25, 0.3) is 0 Å². The van der Waals surface area contributed by atoms with Crippen LogP contribution in [0.5, 0.6) is 0 Å². The van der Waals surface area contributed by atoms with E-state index in [4.69, 9.17) is 16.1 Å². The fourth-order valence-electron chi connectivity index (χ4n) is 3.17. The van der Waals surface area contributed by atoms with Crippen LogP contribution in [-0.4, -0.2) is 22.6 Å². The van der Waals surface area contributed by atoms with Crippen LogP contribution in [0.4, 0.5) is 10.5 Å². The number of likely N-dealkylation sites (tertiary alicyclic amines) is 1. The Hall–Kier alpha value is -2.01. The minimum atomic E-state index is -0.136. The Morgan fingerprint density at radius 2 is 2.26 bits per heavy atom. The van der Waals surface area contributed by atoms with Gasteiger partial charge in [-0.1, -0.05) is 35.8 Å². The van der Waals surface area contributed by atoms with Gasteiger partial charge in [-0.05, 0) is 31.9 Å². The number of hydrogen-bond acceptors (Lipinski definition) is 3. The van der Waals surface area contributed by atoms with Crippen molar-refractivity contribution in [3.05, 3.63) is 46.3 Å². The summed E-state index contributed by atoms with van der Waals surface area (Å²) in [5.74, 6) is 0.866. The van der Waals surface area contributed by atoms with Crippen LogP contribution in [-0.2, 0) is 6.42 Å². The number of anilines is 1. The number of hydrogen-bond donors (Lipinski definition) is 1. The molecule has 0 spiro atoms. The molecule has 2 heterocycles. The van der Waals surface area contributed by atoms with Crippen LogP contribution in [0.2, 0.25) is 5.02 Å². The summed E-state index contributed by atoms with van der Waals surface area (Å²) in [6, 6.07) is 7.13. The molecule has 23 heavy (non-hydrogen) atoms. The number of aromatic nitrogens is 1. The number of carbonyl (C=O) groups excluding carboxylic acids is 1. The van der Waals surface area contributed by atoms with E-state index in [2.05, 4.69) is 10.5 Å². The fraction of sp³-hybridized carbons (Fsp3) is 0.412. The Morgan fingerprint density at radius 3 is 3.00 bits per heavy atom. The molecule has 2 amide bonds. The number of amides is 2. The summed E-state index contributed by atoms with van der Waals surface area (Å²) in [5.41, 5.74) is 2.55. The summed E-state index contributed by atoms with van der Waals surface area (Å²) in [6.45, 7) is 4.68. The molecule has 0 aliphatic carbocycles. The van der Waals surface area contributed by atoms with Gasteiger partial charge in [-0.15, -0.1) is 0 Å². The zero-order valence-corrected chi connectivity index (χ0v) is 14.1. The molecule has 0 saturated carbocycles. The lowest BCUT2D eigenvalue weighted by Crippen LogP contribution is -2.35. The first-order valence-electron chi connectivity index (χ1n) is 7.89. The van der Waals surface area contributed by atoms with Crippen molar-refractivity contribution in [3.8, 4) is 0 Å². The van der Waals surface area contributed by atoms with Gasteiger partial charge >= 0.3 is 6.03 Å². The number of nitrogens with one attached hydrogen (secondary N) is 1. The smallest absolute Gasteiger partial charge is 0.322 e. The SMILES string of the molecule is CCc1onc(C)c1C1CCCN1C(=O)Nc1ccccc1Cl. The van der Waals surface area contributed by atoms with E-state index >= 15 is 0 Å². The van der Waals surface area contributed by atoms with E-state index in [9.17, 15) is 4.79 Å². The topological polar surface area (TPSA) is 58.4 Å². The third kappa shape index (κ3) is 3.06. The molecule has 1 fully saturated rings. The van der Waals surface area contributed by atoms with Gasteiger partial charge in [-0.25, -0.2) is 4.79 Å². The van der Waals surface area contributed by atoms with Crippen molar-refractivity contribution >= 4 is 23.3 Å². The van der Waals surface area contributed by atoms with Crippen LogP contribution in [0.25, 0.3) is 0 Å². The van der Waals surface area contributed by atoms with Crippen LogP contribution >= 0.6 is 11.6 Å². The Balaban J connectivity index is 1.83. The highest BCUT2D eigenvalue weighted by Gasteiger charge is 2.34. The summed E-state index contributed by atoms with van der Waals surface area (Å²) >= 11 is 6.13. The quantitative estimate of drug-likeness (QED) is 0.895. The lowest BCUT2D eigenvalue weighted by Gasteiger charge is -2.25. The molecule has 5 nitrogen and oxygen atoms in total. The van der Waals surface area contributed by atoms with Crippen molar-refractivity contribution in [1.29, 1.82) is 0 Å². The Bertz CT molecular complexity index is 714. The minimum Gasteiger partial charge on any atom is -0.361 e. The molecule has 1 aliphatic heterocycles. The lowest BCUT2D eigenvalue weighted by molar-refractivity contribution is 0.206. The highest BCUT2D eigenvalue weighted by atomic mass is 35.5. The van der Waals surface area contributed by atoms with Crippen molar-refractivity contribution in [2.45, 2.75) is 39.2 Å². The molecule has 1 atom stereocenters. The summed E-state index contributed by atoms with van der Waals surface area (Å²) in [4.78, 5) is 14.5. The average Bonchev–Trinajstić information content (AvgIpc) is 3.15. The molecule has 1 N–H and O–H groups in total. The maximum absolute atomic E-state index is 12.7. The van der Waals surface area contributed by atoms with Crippen LogP contribution in [0.15, 0.2) is 28.8 Å². The number of benzene rings is 1. The summed E-state index contributed by atoms with van der Waals surface area (Å²) in [7, 11) is 0. The summed E-state index contributed by atoms with van der Waals surface area (Å²) in [6.07, 6.45) is 2.66. The van der Waals surface area contributed by atoms with Gasteiger partial charge in [0.2, 0.25) is 0 Å². The van der Waals surface area contributed by atoms with Crippen molar-refractivity contribution in [1.82, 2.24) is 10.1 Å². The minimum absolute atomic E-state index is 0.0127. The van der Waals surface area contributed by atoms with Gasteiger partial charge in [0, 0.05) is 18.5 Å². The molecule has 122 valence electrons. The third-order valence-electron chi connectivity index (χ3n) is 4.27. The van der Waals surface area contributed by atoms with Gasteiger partial charge < -0.3 is 14.7 Å². The zero-order chi connectivity index (χ0) is 16.4. The van der Waals surface area contributed by atoms with E-state index in [0.29, 0.717) is 17.3 Å². The van der Waals surface area contributed by atoms with E-state index in [-0.39, 0.29) is 12.1 Å². The number of para-hydroxylation sites is 1. The molecule has 1 aliphatic rings. The Labute approximate surface area is 140 Å². The molecular weight excluding hydrogens is 314 g/mol. The molecule has 0 radical (unpaired) electrons. The summed E-state index contributed by atoms with van der Waals surface area (Å²) in [5, 5.41) is 7.51. The van der Waals surface area contributed by atoms with Crippen LogP contribution in [0.1, 0.15) is 42.8 Å². The molecule has 3 rings (SSSR count). The van der Waals surface area contributed by atoms with Crippen molar-refractivity contribution in [3.63, 3.8) is 0 Å². The lowest BCUT2D eigenvalue weighted by atomic mass is 10.0. The van der Waals surface area contributed by atoms with E-state index < -0.39 is 0 Å². The molecule has 2 aromatic rings. The van der Waals surface area contributed by atoms with Crippen molar-refractivity contribution in [2.75, 3.05) is 11.9 Å². The number of halogens is 1. The maximum Gasteiger partial charge on any atom is 0.322 e. The molecular formula is C17H20ClN3O2. The van der Waals surface area contributed by atoms with Crippen molar-refractivity contribution < 1.29 is 9.32 Å². The Morgan fingerprint density at radius 1 is 1.48 bits per heavy atom. The summed E-state index contributed by atoms with van der Waals surface area (Å²) < 4.78 is 5.39. The first-order valence-corrected chi connectivity index (χ1v) is 8.26. The monoisotopic (exact) mass is 333 g/mol. The van der Waals surface area contributed by atoms with Gasteiger partial charge in [-0.2, -0.15) is 0 Å². The van der Waals surface area contributed by atoms with E-state index in [1.54, 1.807) is 12.1 Å². The molecule has 1 aromatic heterocycles. The molecule has 1 unspecified atom stereocenters. The second-order valence-corrected chi connectivity index (χ2v) is 6.13. The second-order valence-electron chi connectivity index (χ2n) is 5.72. The van der Waals surface area contributed by atoms with Gasteiger partial charge in [0.05, 0.1) is 22.4 Å². The molecule has 6 heteroatoms. The first-order chi connectivity index (χ1) is 11.1. The predicted octanol–water partition coefficient (Wildman–Crippen LogP) is 4.57. The van der Waals surface area contributed by atoms with E-state index in [1.807, 2.05) is 30.9 Å². The third-order valence-corrected chi connectivity index (χ3v) is 4.60. The first kappa shape index (κ1) is 15.9. The number of nitrogens with zero attached hydrogens (tertiary/aromatic N) is 2. The fourth-order valence-corrected chi connectivity index (χ4v) is 3.35. The largest absolute Gasteiger partial charge is 0.361 e. The van der Waals surface area contributed by atoms with Crippen LogP contribution in [0, 0.1) is 6.92 Å². The van der Waals surface area contributed by atoms with Crippen LogP contribution in [0.3, 0.4) is 0 Å². The molecule has 1 aromatic carbocycles. The maximum atomic E-state index is 12.7.